The molecule has 22 heavy (non-hydrogen) atoms. The lowest BCUT2D eigenvalue weighted by Gasteiger charge is -2.32. The minimum atomic E-state index is -3.77. The van der Waals surface area contributed by atoms with E-state index in [-0.39, 0.29) is 12.5 Å². The fourth-order valence-electron chi connectivity index (χ4n) is 3.17. The van der Waals surface area contributed by atoms with Gasteiger partial charge in [-0.1, -0.05) is 0 Å². The van der Waals surface area contributed by atoms with Gasteiger partial charge >= 0.3 is 5.97 Å². The van der Waals surface area contributed by atoms with Gasteiger partial charge in [0.15, 0.2) is 4.75 Å². The highest BCUT2D eigenvalue weighted by Crippen LogP contribution is 2.57. The van der Waals surface area contributed by atoms with Crippen molar-refractivity contribution in [2.75, 3.05) is 24.6 Å². The van der Waals surface area contributed by atoms with Gasteiger partial charge < -0.3 is 9.47 Å². The molecular formula is C15H19NO5S. The van der Waals surface area contributed by atoms with Gasteiger partial charge in [-0.25, -0.2) is 8.42 Å². The van der Waals surface area contributed by atoms with Gasteiger partial charge in [0.25, 0.3) is 10.0 Å². The molecule has 6 nitrogen and oxygen atoms in total. The van der Waals surface area contributed by atoms with Gasteiger partial charge in [0.1, 0.15) is 5.75 Å². The number of benzene rings is 1. The molecule has 1 heterocycles. The summed E-state index contributed by atoms with van der Waals surface area (Å²) < 4.78 is 35.9. The highest BCUT2D eigenvalue weighted by atomic mass is 32.2. The number of anilines is 1. The summed E-state index contributed by atoms with van der Waals surface area (Å²) in [7, 11) is -2.21. The second kappa shape index (κ2) is 5.15. The van der Waals surface area contributed by atoms with Gasteiger partial charge in [-0.15, -0.1) is 0 Å². The average molecular weight is 325 g/mol. The van der Waals surface area contributed by atoms with Crippen molar-refractivity contribution in [3.05, 3.63) is 24.3 Å². The van der Waals surface area contributed by atoms with Crippen molar-refractivity contribution in [1.29, 1.82) is 0 Å². The van der Waals surface area contributed by atoms with E-state index in [0.717, 1.165) is 0 Å². The number of hydrogen-bond acceptors (Lipinski definition) is 5. The molecule has 0 amide bonds. The van der Waals surface area contributed by atoms with Crippen LogP contribution in [0.5, 0.6) is 5.75 Å². The van der Waals surface area contributed by atoms with Crippen LogP contribution in [0.15, 0.2) is 24.3 Å². The summed E-state index contributed by atoms with van der Waals surface area (Å²) in [5, 5.41) is 0. The van der Waals surface area contributed by atoms with Crippen LogP contribution in [-0.2, 0) is 19.6 Å². The van der Waals surface area contributed by atoms with Crippen molar-refractivity contribution >= 4 is 21.7 Å². The Kier molecular flexibility index (Phi) is 3.55. The van der Waals surface area contributed by atoms with Crippen molar-refractivity contribution in [3.8, 4) is 5.75 Å². The number of carbonyl (C=O) groups is 1. The maximum atomic E-state index is 12.9. The Morgan fingerprint density at radius 1 is 1.36 bits per heavy atom. The highest BCUT2D eigenvalue weighted by molar-refractivity contribution is 7.95. The van der Waals surface area contributed by atoms with Crippen LogP contribution in [0.1, 0.15) is 19.8 Å². The average Bonchev–Trinajstić information content (AvgIpc) is 3.25. The molecule has 2 fully saturated rings. The van der Waals surface area contributed by atoms with Crippen LogP contribution >= 0.6 is 0 Å². The first-order valence-corrected chi connectivity index (χ1v) is 8.75. The SMILES string of the molecule is CCOC(=O)C12CC1CCN(c1ccc(OC)cc1)S2(=O)=O. The first kappa shape index (κ1) is 15.1. The standard InChI is InChI=1S/C15H19NO5S/c1-3-21-14(17)15-10-11(15)8-9-16(22(15,18)19)12-4-6-13(20-2)7-5-12/h4-7,11H,3,8-10H2,1-2H3. The number of rotatable bonds is 4. The second-order valence-electron chi connectivity index (χ2n) is 5.57. The van der Waals surface area contributed by atoms with Gasteiger partial charge in [-0.2, -0.15) is 0 Å². The Bertz CT molecular complexity index is 684. The zero-order valence-corrected chi connectivity index (χ0v) is 13.4. The molecule has 0 bridgehead atoms. The molecule has 0 aromatic heterocycles. The van der Waals surface area contributed by atoms with E-state index < -0.39 is 20.7 Å². The summed E-state index contributed by atoms with van der Waals surface area (Å²) in [5.74, 6) is -0.0770. The van der Waals surface area contributed by atoms with E-state index in [1.165, 1.54) is 4.31 Å². The smallest absolute Gasteiger partial charge is 0.329 e. The molecule has 2 aliphatic rings. The number of sulfonamides is 1. The topological polar surface area (TPSA) is 72.9 Å². The zero-order chi connectivity index (χ0) is 16.0. The Morgan fingerprint density at radius 3 is 2.64 bits per heavy atom. The number of esters is 1. The molecule has 0 N–H and O–H groups in total. The molecule has 0 radical (unpaired) electrons. The van der Waals surface area contributed by atoms with E-state index in [0.29, 0.717) is 30.8 Å². The van der Waals surface area contributed by atoms with Crippen LogP contribution in [0, 0.1) is 5.92 Å². The quantitative estimate of drug-likeness (QED) is 0.786. The summed E-state index contributed by atoms with van der Waals surface area (Å²) in [6.45, 7) is 2.26. The van der Waals surface area contributed by atoms with Crippen molar-refractivity contribution < 1.29 is 22.7 Å². The Labute approximate surface area is 130 Å². The van der Waals surface area contributed by atoms with Gasteiger partial charge in [0.05, 0.1) is 19.4 Å². The number of fused-ring (bicyclic) bond motifs is 1. The van der Waals surface area contributed by atoms with E-state index in [2.05, 4.69) is 0 Å². The van der Waals surface area contributed by atoms with Gasteiger partial charge in [0.2, 0.25) is 0 Å². The molecular weight excluding hydrogens is 306 g/mol. The third-order valence-corrected chi connectivity index (χ3v) is 7.02. The number of hydrogen-bond donors (Lipinski definition) is 0. The molecule has 0 spiro atoms. The minimum Gasteiger partial charge on any atom is -0.497 e. The zero-order valence-electron chi connectivity index (χ0n) is 12.6. The lowest BCUT2D eigenvalue weighted by Crippen LogP contribution is -2.50. The summed E-state index contributed by atoms with van der Waals surface area (Å²) in [6.07, 6.45) is 1.03. The Balaban J connectivity index is 1.95. The minimum absolute atomic E-state index is 0.119. The van der Waals surface area contributed by atoms with Crippen LogP contribution in [0.2, 0.25) is 0 Å². The number of ether oxygens (including phenoxy) is 2. The van der Waals surface area contributed by atoms with E-state index in [1.807, 2.05) is 0 Å². The molecule has 1 aromatic carbocycles. The van der Waals surface area contributed by atoms with Crippen LogP contribution < -0.4 is 9.04 Å². The summed E-state index contributed by atoms with van der Waals surface area (Å²) in [4.78, 5) is 12.2. The molecule has 2 unspecified atom stereocenters. The molecule has 1 saturated carbocycles. The van der Waals surface area contributed by atoms with Crippen molar-refractivity contribution in [3.63, 3.8) is 0 Å². The predicted molar refractivity (Wildman–Crippen MR) is 81.3 cm³/mol. The van der Waals surface area contributed by atoms with E-state index in [1.54, 1.807) is 38.3 Å². The van der Waals surface area contributed by atoms with Crippen LogP contribution in [0.3, 0.4) is 0 Å². The number of nitrogens with zero attached hydrogens (tertiary/aromatic N) is 1. The van der Waals surface area contributed by atoms with Crippen molar-refractivity contribution in [1.82, 2.24) is 0 Å². The predicted octanol–water partition coefficient (Wildman–Crippen LogP) is 1.56. The van der Waals surface area contributed by atoms with Crippen molar-refractivity contribution in [2.45, 2.75) is 24.5 Å². The second-order valence-corrected chi connectivity index (χ2v) is 7.69. The molecule has 120 valence electrons. The number of methoxy groups -OCH3 is 1. The molecule has 1 aromatic rings. The van der Waals surface area contributed by atoms with Crippen molar-refractivity contribution in [2.24, 2.45) is 5.92 Å². The van der Waals surface area contributed by atoms with Crippen LogP contribution in [-0.4, -0.2) is 39.4 Å². The summed E-state index contributed by atoms with van der Waals surface area (Å²) in [6, 6.07) is 6.80. The largest absolute Gasteiger partial charge is 0.497 e. The van der Waals surface area contributed by atoms with Gasteiger partial charge in [-0.3, -0.25) is 9.10 Å². The Morgan fingerprint density at radius 2 is 2.05 bits per heavy atom. The van der Waals surface area contributed by atoms with E-state index >= 15 is 0 Å². The van der Waals surface area contributed by atoms with Crippen LogP contribution in [0.4, 0.5) is 5.69 Å². The maximum absolute atomic E-state index is 12.9. The normalized spacial score (nSPS) is 28.6. The fourth-order valence-corrected chi connectivity index (χ4v) is 5.53. The lowest BCUT2D eigenvalue weighted by atomic mass is 10.2. The first-order chi connectivity index (χ1) is 10.5. The summed E-state index contributed by atoms with van der Waals surface area (Å²) in [5.41, 5.74) is 0.551. The first-order valence-electron chi connectivity index (χ1n) is 7.31. The van der Waals surface area contributed by atoms with Gasteiger partial charge in [-0.05, 0) is 49.9 Å². The third kappa shape index (κ3) is 1.99. The molecule has 2 atom stereocenters. The highest BCUT2D eigenvalue weighted by Gasteiger charge is 2.73. The number of carbonyl (C=O) groups excluding carboxylic acids is 1. The summed E-state index contributed by atoms with van der Waals surface area (Å²) >= 11 is 0. The maximum Gasteiger partial charge on any atom is 0.329 e. The van der Waals surface area contributed by atoms with E-state index in [4.69, 9.17) is 9.47 Å². The molecule has 1 saturated heterocycles. The fraction of sp³-hybridized carbons (Fsp3) is 0.533. The van der Waals surface area contributed by atoms with Gasteiger partial charge in [0, 0.05) is 6.54 Å². The molecule has 1 aliphatic carbocycles. The molecule has 7 heteroatoms. The third-order valence-electron chi connectivity index (χ3n) is 4.46. The Hall–Kier alpha value is -1.76. The molecule has 3 rings (SSSR count). The van der Waals surface area contributed by atoms with E-state index in [9.17, 15) is 13.2 Å². The monoisotopic (exact) mass is 325 g/mol. The molecule has 1 aliphatic heterocycles. The lowest BCUT2D eigenvalue weighted by molar-refractivity contribution is -0.143. The van der Waals surface area contributed by atoms with Crippen LogP contribution in [0.25, 0.3) is 0 Å².